The van der Waals surface area contributed by atoms with E-state index in [0.29, 0.717) is 12.1 Å². The van der Waals surface area contributed by atoms with Gasteiger partial charge in [0.2, 0.25) is 0 Å². The lowest BCUT2D eigenvalue weighted by Gasteiger charge is -2.18. The molecule has 1 fully saturated rings. The van der Waals surface area contributed by atoms with Gasteiger partial charge in [-0.15, -0.1) is 0 Å². The van der Waals surface area contributed by atoms with Gasteiger partial charge in [-0.1, -0.05) is 0 Å². The number of β-amino-alcohol motifs (C(OH)–C–C–N with tert-alkyl or cyclic N) is 1. The summed E-state index contributed by atoms with van der Waals surface area (Å²) in [4.78, 5) is 5.17. The first-order chi connectivity index (χ1) is 9.44. The van der Waals surface area contributed by atoms with E-state index in [1.165, 1.54) is 12.1 Å². The van der Waals surface area contributed by atoms with Gasteiger partial charge in [-0.25, -0.2) is 8.78 Å². The average Bonchev–Trinajstić information content (AvgIpc) is 2.91. The Balaban J connectivity index is 1.74. The smallest absolute Gasteiger partial charge is 0.160 e. The van der Waals surface area contributed by atoms with Crippen molar-refractivity contribution in [2.24, 2.45) is 0 Å². The minimum atomic E-state index is -0.832. The maximum Gasteiger partial charge on any atom is 0.160 e. The van der Waals surface area contributed by atoms with E-state index in [2.05, 4.69) is 9.88 Å². The molecule has 1 saturated heterocycles. The van der Waals surface area contributed by atoms with Crippen molar-refractivity contribution in [1.82, 2.24) is 9.88 Å². The summed E-state index contributed by atoms with van der Waals surface area (Å²) in [5.74, 6) is -1.65. The second-order valence-electron chi connectivity index (χ2n) is 5.90. The molecule has 0 amide bonds. The van der Waals surface area contributed by atoms with Crippen molar-refractivity contribution in [3.8, 4) is 0 Å². The molecule has 0 aliphatic carbocycles. The number of H-pyrrole nitrogens is 1. The van der Waals surface area contributed by atoms with Crippen LogP contribution >= 0.6 is 0 Å². The van der Waals surface area contributed by atoms with Crippen molar-refractivity contribution in [1.29, 1.82) is 0 Å². The fraction of sp³-hybridized carbons (Fsp3) is 0.467. The molecule has 3 rings (SSSR count). The minimum Gasteiger partial charge on any atom is -0.389 e. The lowest BCUT2D eigenvalue weighted by molar-refractivity contribution is 0.0690. The van der Waals surface area contributed by atoms with Crippen molar-refractivity contribution < 1.29 is 13.9 Å². The van der Waals surface area contributed by atoms with E-state index in [9.17, 15) is 13.9 Å². The van der Waals surface area contributed by atoms with Crippen LogP contribution in [0.3, 0.4) is 0 Å². The zero-order valence-electron chi connectivity index (χ0n) is 11.4. The number of hydrogen-bond donors (Lipinski definition) is 2. The molecule has 3 nitrogen and oxygen atoms in total. The molecule has 2 heterocycles. The molecule has 108 valence electrons. The Morgan fingerprint density at radius 3 is 2.80 bits per heavy atom. The molecule has 1 aliphatic heterocycles. The maximum atomic E-state index is 13.3. The standard InChI is InChI=1S/C15H18F2N2O/c1-15(20)3-5-19(9-15)4-2-10-8-18-14-7-13(17)12(16)6-11(10)14/h6-8,18,20H,2-5,9H2,1H3. The van der Waals surface area contributed by atoms with Crippen LogP contribution in [0, 0.1) is 11.6 Å². The van der Waals surface area contributed by atoms with Crippen LogP contribution in [0.5, 0.6) is 0 Å². The Kier molecular flexibility index (Phi) is 3.26. The van der Waals surface area contributed by atoms with Gasteiger partial charge >= 0.3 is 0 Å². The number of nitrogens with zero attached hydrogens (tertiary/aromatic N) is 1. The quantitative estimate of drug-likeness (QED) is 0.906. The first kappa shape index (κ1) is 13.5. The minimum absolute atomic E-state index is 0.602. The van der Waals surface area contributed by atoms with E-state index in [-0.39, 0.29) is 0 Å². The fourth-order valence-corrected chi connectivity index (χ4v) is 2.89. The van der Waals surface area contributed by atoms with Crippen LogP contribution in [0.2, 0.25) is 0 Å². The van der Waals surface area contributed by atoms with Gasteiger partial charge in [0.25, 0.3) is 0 Å². The monoisotopic (exact) mass is 280 g/mol. The number of aromatic amines is 1. The van der Waals surface area contributed by atoms with Crippen molar-refractivity contribution >= 4 is 10.9 Å². The third-order valence-corrected chi connectivity index (χ3v) is 4.04. The van der Waals surface area contributed by atoms with E-state index < -0.39 is 17.2 Å². The zero-order valence-corrected chi connectivity index (χ0v) is 11.4. The Morgan fingerprint density at radius 1 is 1.35 bits per heavy atom. The number of halogens is 2. The van der Waals surface area contributed by atoms with Crippen LogP contribution in [-0.4, -0.2) is 40.2 Å². The van der Waals surface area contributed by atoms with Gasteiger partial charge in [-0.3, -0.25) is 0 Å². The highest BCUT2D eigenvalue weighted by molar-refractivity contribution is 5.83. The van der Waals surface area contributed by atoms with Gasteiger partial charge in [0.1, 0.15) is 0 Å². The van der Waals surface area contributed by atoms with Crippen LogP contribution in [0.1, 0.15) is 18.9 Å². The van der Waals surface area contributed by atoms with E-state index in [1.54, 1.807) is 6.20 Å². The van der Waals surface area contributed by atoms with Crippen molar-refractivity contribution in [2.45, 2.75) is 25.4 Å². The number of fused-ring (bicyclic) bond motifs is 1. The molecule has 1 aromatic heterocycles. The molecule has 1 aromatic carbocycles. The lowest BCUT2D eigenvalue weighted by atomic mass is 10.1. The molecule has 2 aromatic rings. The number of benzene rings is 1. The van der Waals surface area contributed by atoms with E-state index >= 15 is 0 Å². The largest absolute Gasteiger partial charge is 0.389 e. The first-order valence-corrected chi connectivity index (χ1v) is 6.84. The molecule has 0 radical (unpaired) electrons. The summed E-state index contributed by atoms with van der Waals surface area (Å²) >= 11 is 0. The summed E-state index contributed by atoms with van der Waals surface area (Å²) in [6.07, 6.45) is 3.33. The van der Waals surface area contributed by atoms with Gasteiger partial charge in [0.05, 0.1) is 5.60 Å². The van der Waals surface area contributed by atoms with Crippen LogP contribution in [0.25, 0.3) is 10.9 Å². The highest BCUT2D eigenvalue weighted by atomic mass is 19.2. The van der Waals surface area contributed by atoms with Gasteiger partial charge < -0.3 is 15.0 Å². The molecule has 5 heteroatoms. The van der Waals surface area contributed by atoms with Crippen molar-refractivity contribution in [3.05, 3.63) is 35.5 Å². The molecule has 1 atom stereocenters. The highest BCUT2D eigenvalue weighted by Gasteiger charge is 2.30. The number of rotatable bonds is 3. The summed E-state index contributed by atoms with van der Waals surface area (Å²) in [6.45, 7) is 4.19. The summed E-state index contributed by atoms with van der Waals surface area (Å²) in [6, 6.07) is 2.44. The number of aliphatic hydroxyl groups is 1. The predicted octanol–water partition coefficient (Wildman–Crippen LogP) is 2.45. The lowest BCUT2D eigenvalue weighted by Crippen LogP contribution is -2.30. The third kappa shape index (κ3) is 2.55. The van der Waals surface area contributed by atoms with Gasteiger partial charge in [0.15, 0.2) is 11.6 Å². The second kappa shape index (κ2) is 4.82. The SMILES string of the molecule is CC1(O)CCN(CCc2c[nH]c3cc(F)c(F)cc23)C1. The summed E-state index contributed by atoms with van der Waals surface area (Å²) < 4.78 is 26.5. The van der Waals surface area contributed by atoms with E-state index in [1.807, 2.05) is 6.92 Å². The molecule has 2 N–H and O–H groups in total. The van der Waals surface area contributed by atoms with Crippen LogP contribution in [0.4, 0.5) is 8.78 Å². The Labute approximate surface area is 116 Å². The fourth-order valence-electron chi connectivity index (χ4n) is 2.89. The van der Waals surface area contributed by atoms with Gasteiger partial charge in [0, 0.05) is 42.8 Å². The molecule has 1 aliphatic rings. The summed E-state index contributed by atoms with van der Waals surface area (Å²) in [5.41, 5.74) is 0.993. The molecule has 1 unspecified atom stereocenters. The van der Waals surface area contributed by atoms with E-state index in [4.69, 9.17) is 0 Å². The Morgan fingerprint density at radius 2 is 2.10 bits per heavy atom. The highest BCUT2D eigenvalue weighted by Crippen LogP contribution is 2.24. The maximum absolute atomic E-state index is 13.3. The average molecular weight is 280 g/mol. The van der Waals surface area contributed by atoms with Crippen LogP contribution < -0.4 is 0 Å². The van der Waals surface area contributed by atoms with Gasteiger partial charge in [-0.05, 0) is 31.4 Å². The molecule has 0 saturated carbocycles. The Hall–Kier alpha value is -1.46. The number of aromatic nitrogens is 1. The summed E-state index contributed by atoms with van der Waals surface area (Å²) in [7, 11) is 0. The topological polar surface area (TPSA) is 39.3 Å². The van der Waals surface area contributed by atoms with Crippen LogP contribution in [-0.2, 0) is 6.42 Å². The predicted molar refractivity (Wildman–Crippen MR) is 73.6 cm³/mol. The number of likely N-dealkylation sites (tertiary alicyclic amines) is 1. The normalized spacial score (nSPS) is 23.8. The zero-order chi connectivity index (χ0) is 14.3. The number of hydrogen-bond acceptors (Lipinski definition) is 2. The van der Waals surface area contributed by atoms with E-state index in [0.717, 1.165) is 36.9 Å². The van der Waals surface area contributed by atoms with Crippen molar-refractivity contribution in [3.63, 3.8) is 0 Å². The molecule has 0 spiro atoms. The first-order valence-electron chi connectivity index (χ1n) is 6.84. The Bertz CT molecular complexity index is 636. The van der Waals surface area contributed by atoms with Gasteiger partial charge in [-0.2, -0.15) is 0 Å². The summed E-state index contributed by atoms with van der Waals surface area (Å²) in [5, 5.41) is 10.7. The molecular formula is C15H18F2N2O. The molecule has 20 heavy (non-hydrogen) atoms. The van der Waals surface area contributed by atoms with Crippen LogP contribution in [0.15, 0.2) is 18.3 Å². The third-order valence-electron chi connectivity index (χ3n) is 4.04. The van der Waals surface area contributed by atoms with Crippen molar-refractivity contribution in [2.75, 3.05) is 19.6 Å². The number of nitrogens with one attached hydrogen (secondary N) is 1. The molecular weight excluding hydrogens is 262 g/mol. The second-order valence-corrected chi connectivity index (χ2v) is 5.90. The molecule has 0 bridgehead atoms.